The highest BCUT2D eigenvalue weighted by Gasteiger charge is 2.34. The Labute approximate surface area is 198 Å². The molecule has 1 unspecified atom stereocenters. The van der Waals surface area contributed by atoms with E-state index in [1.165, 1.54) is 37.4 Å². The van der Waals surface area contributed by atoms with Crippen LogP contribution >= 0.6 is 0 Å². The molecule has 186 valence electrons. The molecule has 3 aromatic rings. The second kappa shape index (κ2) is 9.32. The number of rotatable bonds is 7. The molecule has 0 saturated heterocycles. The summed E-state index contributed by atoms with van der Waals surface area (Å²) in [7, 11) is 1.39. The van der Waals surface area contributed by atoms with E-state index in [1.54, 1.807) is 26.8 Å². The van der Waals surface area contributed by atoms with E-state index in [0.29, 0.717) is 5.56 Å². The molecule has 0 aliphatic heterocycles. The first kappa shape index (κ1) is 25.6. The van der Waals surface area contributed by atoms with Crippen LogP contribution in [-0.4, -0.2) is 24.4 Å². The fourth-order valence-corrected chi connectivity index (χ4v) is 3.58. The first-order valence-corrected chi connectivity index (χ1v) is 10.5. The van der Waals surface area contributed by atoms with Gasteiger partial charge in [-0.05, 0) is 35.2 Å². The molecule has 3 rings (SSSR count). The normalized spacial score (nSPS) is 12.8. The Hall–Kier alpha value is -4.02. The van der Waals surface area contributed by atoms with Gasteiger partial charge in [-0.1, -0.05) is 39.0 Å². The first-order chi connectivity index (χ1) is 16.2. The van der Waals surface area contributed by atoms with Crippen LogP contribution in [0.2, 0.25) is 0 Å². The number of halogens is 3. The molecular formula is C24H24F3N3O5. The van der Waals surface area contributed by atoms with Gasteiger partial charge in [0.1, 0.15) is 17.1 Å². The minimum absolute atomic E-state index is 0.0223. The van der Waals surface area contributed by atoms with Crippen LogP contribution in [0.25, 0.3) is 0 Å². The third-order valence-corrected chi connectivity index (χ3v) is 5.26. The summed E-state index contributed by atoms with van der Waals surface area (Å²) in [6.45, 7) is 5.41. The Morgan fingerprint density at radius 2 is 1.63 bits per heavy atom. The molecule has 8 nitrogen and oxygen atoms in total. The maximum Gasteiger partial charge on any atom is 0.573 e. The minimum Gasteiger partial charge on any atom is -0.505 e. The lowest BCUT2D eigenvalue weighted by molar-refractivity contribution is -0.274. The molecular weight excluding hydrogens is 467 g/mol. The number of amides is 1. The Balaban J connectivity index is 1.97. The zero-order valence-electron chi connectivity index (χ0n) is 19.3. The summed E-state index contributed by atoms with van der Waals surface area (Å²) in [6, 6.07) is 8.90. The van der Waals surface area contributed by atoms with Gasteiger partial charge in [-0.25, -0.2) is 0 Å². The molecule has 3 aromatic carbocycles. The molecule has 0 fully saturated rings. The number of hydrogen-bond acceptors (Lipinski definition) is 7. The van der Waals surface area contributed by atoms with E-state index in [2.05, 4.69) is 20.7 Å². The number of carbonyl (C=O) groups excluding carboxylic acids is 1. The highest BCUT2D eigenvalue weighted by molar-refractivity contribution is 5.99. The van der Waals surface area contributed by atoms with Crippen molar-refractivity contribution in [3.05, 3.63) is 74.0 Å². The highest BCUT2D eigenvalue weighted by Crippen LogP contribution is 2.39. The fourth-order valence-electron chi connectivity index (χ4n) is 3.58. The Kier molecular flexibility index (Phi) is 6.82. The van der Waals surface area contributed by atoms with E-state index < -0.39 is 46.1 Å². The van der Waals surface area contributed by atoms with Gasteiger partial charge in [0, 0.05) is 7.05 Å². The number of benzene rings is 2. The van der Waals surface area contributed by atoms with Crippen LogP contribution in [0.5, 0.6) is 11.5 Å². The monoisotopic (exact) mass is 491 g/mol. The van der Waals surface area contributed by atoms with Gasteiger partial charge in [0.15, 0.2) is 5.75 Å². The van der Waals surface area contributed by atoms with Crippen molar-refractivity contribution < 1.29 is 27.8 Å². The zero-order chi connectivity index (χ0) is 26.1. The molecule has 4 N–H and O–H groups in total. The van der Waals surface area contributed by atoms with Gasteiger partial charge in [-0.2, -0.15) is 0 Å². The lowest BCUT2D eigenvalue weighted by Gasteiger charge is -2.34. The SMILES string of the molecule is CNC(=O)c1cccc(Nc2c(NC(c3cccc(OC(F)(F)F)c3)C(C)(C)C)c(=O)c2=O)c1O. The van der Waals surface area contributed by atoms with Crippen LogP contribution in [-0.2, 0) is 0 Å². The summed E-state index contributed by atoms with van der Waals surface area (Å²) in [5.74, 6) is -1.40. The van der Waals surface area contributed by atoms with E-state index in [9.17, 15) is 32.7 Å². The van der Waals surface area contributed by atoms with Crippen molar-refractivity contribution in [1.29, 1.82) is 0 Å². The van der Waals surface area contributed by atoms with E-state index in [1.807, 2.05) is 0 Å². The number of nitrogens with one attached hydrogen (secondary N) is 3. The third-order valence-electron chi connectivity index (χ3n) is 5.26. The van der Waals surface area contributed by atoms with E-state index in [-0.39, 0.29) is 22.6 Å². The molecule has 35 heavy (non-hydrogen) atoms. The number of phenols is 1. The molecule has 0 bridgehead atoms. The number of anilines is 3. The summed E-state index contributed by atoms with van der Waals surface area (Å²) < 4.78 is 42.1. The van der Waals surface area contributed by atoms with Crippen molar-refractivity contribution in [2.24, 2.45) is 5.41 Å². The van der Waals surface area contributed by atoms with Gasteiger partial charge in [0.25, 0.3) is 16.8 Å². The van der Waals surface area contributed by atoms with Gasteiger partial charge in [0.05, 0.1) is 17.3 Å². The zero-order valence-corrected chi connectivity index (χ0v) is 19.3. The van der Waals surface area contributed by atoms with Crippen molar-refractivity contribution in [2.45, 2.75) is 33.2 Å². The van der Waals surface area contributed by atoms with Crippen molar-refractivity contribution in [3.63, 3.8) is 0 Å². The number of aromatic hydroxyl groups is 1. The maximum absolute atomic E-state index is 12.7. The van der Waals surface area contributed by atoms with Crippen molar-refractivity contribution in [3.8, 4) is 11.5 Å². The average molecular weight is 491 g/mol. The summed E-state index contributed by atoms with van der Waals surface area (Å²) in [5.41, 5.74) is -2.16. The van der Waals surface area contributed by atoms with Gasteiger partial charge in [0.2, 0.25) is 0 Å². The van der Waals surface area contributed by atoms with Gasteiger partial charge < -0.3 is 25.8 Å². The summed E-state index contributed by atoms with van der Waals surface area (Å²) in [5, 5.41) is 18.5. The largest absolute Gasteiger partial charge is 0.573 e. The number of carbonyl (C=O) groups is 1. The van der Waals surface area contributed by atoms with Crippen molar-refractivity contribution in [2.75, 3.05) is 17.7 Å². The minimum atomic E-state index is -4.87. The molecule has 0 aliphatic carbocycles. The third kappa shape index (κ3) is 5.56. The smallest absolute Gasteiger partial charge is 0.505 e. The average Bonchev–Trinajstić information content (AvgIpc) is 2.76. The van der Waals surface area contributed by atoms with Crippen LogP contribution < -0.4 is 31.5 Å². The molecule has 1 amide bonds. The number of ether oxygens (including phenoxy) is 1. The Bertz CT molecular complexity index is 1320. The summed E-state index contributed by atoms with van der Waals surface area (Å²) >= 11 is 0. The van der Waals surface area contributed by atoms with Gasteiger partial charge in [-0.15, -0.1) is 13.2 Å². The number of para-hydroxylation sites is 1. The van der Waals surface area contributed by atoms with Crippen LogP contribution in [0.3, 0.4) is 0 Å². The standard InChI is InChI=1S/C24H24F3N3O5/c1-23(2,3)21(12-7-5-8-13(11-12)35-24(25,26)27)30-17-16(19(32)20(17)33)29-15-10-6-9-14(18(15)31)22(34)28-4/h5-11,21,29-31H,1-4H3,(H,28,34). The topological polar surface area (TPSA) is 117 Å². The Morgan fingerprint density at radius 3 is 2.23 bits per heavy atom. The molecule has 0 heterocycles. The molecule has 11 heteroatoms. The van der Waals surface area contributed by atoms with Crippen LogP contribution in [0.15, 0.2) is 52.1 Å². The Morgan fingerprint density at radius 1 is 1.00 bits per heavy atom. The molecule has 0 saturated carbocycles. The maximum atomic E-state index is 12.7. The molecule has 0 spiro atoms. The second-order valence-corrected chi connectivity index (χ2v) is 8.88. The van der Waals surface area contributed by atoms with E-state index in [4.69, 9.17) is 0 Å². The number of hydrogen-bond donors (Lipinski definition) is 4. The highest BCUT2D eigenvalue weighted by atomic mass is 19.4. The predicted molar refractivity (Wildman–Crippen MR) is 125 cm³/mol. The molecule has 0 aliphatic rings. The second-order valence-electron chi connectivity index (χ2n) is 8.88. The van der Waals surface area contributed by atoms with E-state index in [0.717, 1.165) is 6.07 Å². The first-order valence-electron chi connectivity index (χ1n) is 10.5. The molecule has 1 atom stereocenters. The van der Waals surface area contributed by atoms with Crippen LogP contribution in [0, 0.1) is 5.41 Å². The quantitative estimate of drug-likeness (QED) is 0.289. The molecule has 0 radical (unpaired) electrons. The summed E-state index contributed by atoms with van der Waals surface area (Å²) in [4.78, 5) is 36.7. The van der Waals surface area contributed by atoms with Crippen LogP contribution in [0.1, 0.15) is 42.7 Å². The lowest BCUT2D eigenvalue weighted by Crippen LogP contribution is -2.39. The lowest BCUT2D eigenvalue weighted by atomic mass is 9.82. The fraction of sp³-hybridized carbons (Fsp3) is 0.292. The summed E-state index contributed by atoms with van der Waals surface area (Å²) in [6.07, 6.45) is -4.87. The van der Waals surface area contributed by atoms with Crippen molar-refractivity contribution >= 4 is 23.0 Å². The van der Waals surface area contributed by atoms with Gasteiger partial charge in [-0.3, -0.25) is 14.4 Å². The predicted octanol–water partition coefficient (Wildman–Crippen LogP) is 4.19. The number of alkyl halides is 3. The molecule has 0 aromatic heterocycles. The van der Waals surface area contributed by atoms with Crippen LogP contribution in [0.4, 0.5) is 30.2 Å². The number of phenolic OH excluding ortho intramolecular Hbond substituents is 1. The van der Waals surface area contributed by atoms with Gasteiger partial charge >= 0.3 is 6.36 Å². The van der Waals surface area contributed by atoms with Crippen molar-refractivity contribution in [1.82, 2.24) is 5.32 Å². The van der Waals surface area contributed by atoms with E-state index >= 15 is 0 Å².